The first-order valence-electron chi connectivity index (χ1n) is 5.74. The molecule has 0 aliphatic carbocycles. The van der Waals surface area contributed by atoms with E-state index < -0.39 is 0 Å². The maximum absolute atomic E-state index is 11.7. The summed E-state index contributed by atoms with van der Waals surface area (Å²) in [5.41, 5.74) is 0. The van der Waals surface area contributed by atoms with Crippen LogP contribution in [-0.2, 0) is 16.1 Å². The molecule has 0 aromatic carbocycles. The Bertz CT molecular complexity index is 391. The number of nitrogens with one attached hydrogen (secondary N) is 1. The molecule has 2 heterocycles. The molecule has 1 amide bonds. The van der Waals surface area contributed by atoms with Crippen molar-refractivity contribution >= 4 is 11.7 Å². The standard InChI is InChI=1S/C11H18N4O2/c1-14-5-3-9(11(14)16)12-10-4-6-15(13-10)7-8-17-2/h4,6,9H,3,5,7-8H2,1-2H3,(H,12,13). The minimum atomic E-state index is -0.134. The van der Waals surface area contributed by atoms with Gasteiger partial charge in [0.15, 0.2) is 0 Å². The lowest BCUT2D eigenvalue weighted by molar-refractivity contribution is -0.127. The van der Waals surface area contributed by atoms with Gasteiger partial charge in [-0.3, -0.25) is 9.48 Å². The molecule has 0 bridgehead atoms. The van der Waals surface area contributed by atoms with Gasteiger partial charge in [-0.2, -0.15) is 5.10 Å². The third-order valence-electron chi connectivity index (χ3n) is 2.91. The van der Waals surface area contributed by atoms with Gasteiger partial charge >= 0.3 is 0 Å². The Morgan fingerprint density at radius 3 is 3.12 bits per heavy atom. The first-order valence-corrected chi connectivity index (χ1v) is 5.74. The topological polar surface area (TPSA) is 59.4 Å². The number of carbonyl (C=O) groups is 1. The third-order valence-corrected chi connectivity index (χ3v) is 2.91. The summed E-state index contributed by atoms with van der Waals surface area (Å²) in [6.45, 7) is 2.16. The molecule has 1 aromatic heterocycles. The van der Waals surface area contributed by atoms with Gasteiger partial charge in [0.2, 0.25) is 5.91 Å². The number of aromatic nitrogens is 2. The number of hydrogen-bond donors (Lipinski definition) is 1. The monoisotopic (exact) mass is 238 g/mol. The molecule has 1 N–H and O–H groups in total. The second-order valence-electron chi connectivity index (χ2n) is 4.20. The van der Waals surface area contributed by atoms with E-state index in [0.717, 1.165) is 25.3 Å². The van der Waals surface area contributed by atoms with Crippen LogP contribution in [0.4, 0.5) is 5.82 Å². The van der Waals surface area contributed by atoms with Gasteiger partial charge in [0.05, 0.1) is 13.2 Å². The average Bonchev–Trinajstić information content (AvgIpc) is 2.89. The van der Waals surface area contributed by atoms with Crippen LogP contribution in [0, 0.1) is 0 Å². The summed E-state index contributed by atoms with van der Waals surface area (Å²) < 4.78 is 6.78. The minimum absolute atomic E-state index is 0.134. The number of nitrogens with zero attached hydrogens (tertiary/aromatic N) is 3. The predicted octanol–water partition coefficient (Wildman–Crippen LogP) is 0.172. The highest BCUT2D eigenvalue weighted by Gasteiger charge is 2.29. The Labute approximate surface area is 101 Å². The zero-order valence-electron chi connectivity index (χ0n) is 10.2. The summed E-state index contributed by atoms with van der Waals surface area (Å²) in [4.78, 5) is 13.4. The fourth-order valence-corrected chi connectivity index (χ4v) is 1.88. The minimum Gasteiger partial charge on any atom is -0.383 e. The molecule has 94 valence electrons. The summed E-state index contributed by atoms with van der Waals surface area (Å²) in [5.74, 6) is 0.881. The molecule has 1 atom stereocenters. The Kier molecular flexibility index (Phi) is 3.63. The molecule has 0 spiro atoms. The van der Waals surface area contributed by atoms with E-state index >= 15 is 0 Å². The fraction of sp³-hybridized carbons (Fsp3) is 0.636. The smallest absolute Gasteiger partial charge is 0.244 e. The van der Waals surface area contributed by atoms with Crippen LogP contribution >= 0.6 is 0 Å². The van der Waals surface area contributed by atoms with Crippen LogP contribution in [0.5, 0.6) is 0 Å². The van der Waals surface area contributed by atoms with Gasteiger partial charge in [-0.25, -0.2) is 0 Å². The number of likely N-dealkylation sites (N-methyl/N-ethyl adjacent to an activating group) is 1. The van der Waals surface area contributed by atoms with Crippen LogP contribution in [0.3, 0.4) is 0 Å². The number of ether oxygens (including phenoxy) is 1. The first-order chi connectivity index (χ1) is 8.20. The second-order valence-corrected chi connectivity index (χ2v) is 4.20. The van der Waals surface area contributed by atoms with E-state index in [0.29, 0.717) is 6.61 Å². The van der Waals surface area contributed by atoms with E-state index in [9.17, 15) is 4.79 Å². The number of amides is 1. The van der Waals surface area contributed by atoms with Crippen LogP contribution in [-0.4, -0.2) is 53.9 Å². The van der Waals surface area contributed by atoms with Crippen LogP contribution in [0.15, 0.2) is 12.3 Å². The maximum Gasteiger partial charge on any atom is 0.244 e. The molecular formula is C11H18N4O2. The van der Waals surface area contributed by atoms with Crippen molar-refractivity contribution in [2.24, 2.45) is 0 Å². The average molecular weight is 238 g/mol. The van der Waals surface area contributed by atoms with Crippen molar-refractivity contribution in [3.8, 4) is 0 Å². The predicted molar refractivity (Wildman–Crippen MR) is 63.8 cm³/mol. The Hall–Kier alpha value is -1.56. The van der Waals surface area contributed by atoms with Crippen LogP contribution in [0.1, 0.15) is 6.42 Å². The highest BCUT2D eigenvalue weighted by atomic mass is 16.5. The van der Waals surface area contributed by atoms with Crippen molar-refractivity contribution in [1.82, 2.24) is 14.7 Å². The molecule has 0 saturated carbocycles. The van der Waals surface area contributed by atoms with Gasteiger partial charge in [-0.05, 0) is 6.42 Å². The number of hydrogen-bond acceptors (Lipinski definition) is 4. The molecule has 1 unspecified atom stereocenters. The van der Waals surface area contributed by atoms with Crippen molar-refractivity contribution in [3.63, 3.8) is 0 Å². The molecule has 17 heavy (non-hydrogen) atoms. The first kappa shape index (κ1) is 11.9. The molecule has 6 nitrogen and oxygen atoms in total. The van der Waals surface area contributed by atoms with Crippen molar-refractivity contribution in [2.45, 2.75) is 19.0 Å². The van der Waals surface area contributed by atoms with Crippen LogP contribution < -0.4 is 5.32 Å². The van der Waals surface area contributed by atoms with E-state index in [1.165, 1.54) is 0 Å². The van der Waals surface area contributed by atoms with Crippen molar-refractivity contribution in [1.29, 1.82) is 0 Å². The normalized spacial score (nSPS) is 20.0. The van der Waals surface area contributed by atoms with E-state index in [1.54, 1.807) is 16.7 Å². The Balaban J connectivity index is 1.90. The van der Waals surface area contributed by atoms with Crippen LogP contribution in [0.2, 0.25) is 0 Å². The van der Waals surface area contributed by atoms with Gasteiger partial charge < -0.3 is 15.0 Å². The fourth-order valence-electron chi connectivity index (χ4n) is 1.88. The molecule has 1 saturated heterocycles. The van der Waals surface area contributed by atoms with E-state index in [-0.39, 0.29) is 11.9 Å². The molecule has 1 aromatic rings. The lowest BCUT2D eigenvalue weighted by Gasteiger charge is -2.11. The van der Waals surface area contributed by atoms with E-state index in [4.69, 9.17) is 4.74 Å². The molecular weight excluding hydrogens is 220 g/mol. The number of carbonyl (C=O) groups excluding carboxylic acids is 1. The van der Waals surface area contributed by atoms with Crippen molar-refractivity contribution < 1.29 is 9.53 Å². The van der Waals surface area contributed by atoms with E-state index in [2.05, 4.69) is 10.4 Å². The van der Waals surface area contributed by atoms with Crippen molar-refractivity contribution in [2.75, 3.05) is 32.6 Å². The number of methoxy groups -OCH3 is 1. The highest BCUT2D eigenvalue weighted by molar-refractivity contribution is 5.86. The summed E-state index contributed by atoms with van der Waals surface area (Å²) in [6.07, 6.45) is 2.71. The zero-order chi connectivity index (χ0) is 12.3. The van der Waals surface area contributed by atoms with Gasteiger partial charge in [-0.1, -0.05) is 0 Å². The summed E-state index contributed by atoms with van der Waals surface area (Å²) >= 11 is 0. The van der Waals surface area contributed by atoms with Gasteiger partial charge in [0.25, 0.3) is 0 Å². The maximum atomic E-state index is 11.7. The molecule has 1 aliphatic heterocycles. The highest BCUT2D eigenvalue weighted by Crippen LogP contribution is 2.14. The van der Waals surface area contributed by atoms with Gasteiger partial charge in [0, 0.05) is 33.0 Å². The Morgan fingerprint density at radius 1 is 1.65 bits per heavy atom. The van der Waals surface area contributed by atoms with Crippen molar-refractivity contribution in [3.05, 3.63) is 12.3 Å². The lowest BCUT2D eigenvalue weighted by Crippen LogP contribution is -2.31. The molecule has 1 aliphatic rings. The SMILES string of the molecule is COCCn1ccc(NC2CCN(C)C2=O)n1. The summed E-state index contributed by atoms with van der Waals surface area (Å²) in [6, 6.07) is 1.74. The molecule has 1 fully saturated rings. The molecule has 6 heteroatoms. The quantitative estimate of drug-likeness (QED) is 0.794. The number of likely N-dealkylation sites (tertiary alicyclic amines) is 1. The number of anilines is 1. The summed E-state index contributed by atoms with van der Waals surface area (Å²) in [5, 5.41) is 7.48. The van der Waals surface area contributed by atoms with Gasteiger partial charge in [0.1, 0.15) is 11.9 Å². The number of rotatable bonds is 5. The second kappa shape index (κ2) is 5.18. The largest absolute Gasteiger partial charge is 0.383 e. The summed E-state index contributed by atoms with van der Waals surface area (Å²) in [7, 11) is 3.48. The molecule has 0 radical (unpaired) electrons. The van der Waals surface area contributed by atoms with E-state index in [1.807, 2.05) is 19.3 Å². The van der Waals surface area contributed by atoms with Crippen LogP contribution in [0.25, 0.3) is 0 Å². The Morgan fingerprint density at radius 2 is 2.47 bits per heavy atom. The lowest BCUT2D eigenvalue weighted by atomic mass is 10.2. The van der Waals surface area contributed by atoms with Gasteiger partial charge in [-0.15, -0.1) is 0 Å². The molecule has 2 rings (SSSR count). The zero-order valence-corrected chi connectivity index (χ0v) is 10.2. The third kappa shape index (κ3) is 2.76.